The topological polar surface area (TPSA) is 17.1 Å². The largest absolute Gasteiger partial charge is 0.299 e. The molecule has 0 N–H and O–H groups in total. The molecule has 1 aromatic rings. The molecule has 1 aliphatic rings. The molecule has 15 heavy (non-hydrogen) atoms. The Balaban J connectivity index is 2.03. The molecule has 2 atom stereocenters. The molecule has 2 unspecified atom stereocenters. The molecule has 1 aromatic carbocycles. The summed E-state index contributed by atoms with van der Waals surface area (Å²) >= 11 is 2.31. The van der Waals surface area contributed by atoms with E-state index in [0.717, 1.165) is 19.3 Å². The van der Waals surface area contributed by atoms with Crippen LogP contribution in [0.3, 0.4) is 0 Å². The molecule has 1 fully saturated rings. The van der Waals surface area contributed by atoms with Crippen LogP contribution in [0.5, 0.6) is 0 Å². The predicted molar refractivity (Wildman–Crippen MR) is 69.8 cm³/mol. The highest BCUT2D eigenvalue weighted by Gasteiger charge is 2.30. The Bertz CT molecular complexity index is 355. The van der Waals surface area contributed by atoms with Crippen LogP contribution in [-0.4, -0.2) is 5.78 Å². The van der Waals surface area contributed by atoms with Gasteiger partial charge >= 0.3 is 0 Å². The first kappa shape index (κ1) is 11.1. The number of Topliss-reactive ketones (excluding diaryl/α,β-unsaturated/α-hetero) is 1. The third-order valence-electron chi connectivity index (χ3n) is 3.39. The molecule has 0 aliphatic heterocycles. The highest BCUT2D eigenvalue weighted by atomic mass is 127. The van der Waals surface area contributed by atoms with Gasteiger partial charge in [-0.15, -0.1) is 0 Å². The highest BCUT2D eigenvalue weighted by molar-refractivity contribution is 14.1. The second-order valence-corrected chi connectivity index (χ2v) is 5.63. The van der Waals surface area contributed by atoms with E-state index in [1.54, 1.807) is 0 Å². The third-order valence-corrected chi connectivity index (χ3v) is 4.11. The molecular weight excluding hydrogens is 299 g/mol. The maximum Gasteiger partial charge on any atom is 0.135 e. The van der Waals surface area contributed by atoms with Crippen molar-refractivity contribution in [3.8, 4) is 0 Å². The Kier molecular flexibility index (Phi) is 3.44. The molecule has 80 valence electrons. The van der Waals surface area contributed by atoms with Gasteiger partial charge in [0.15, 0.2) is 0 Å². The van der Waals surface area contributed by atoms with Crippen LogP contribution in [0.2, 0.25) is 0 Å². The van der Waals surface area contributed by atoms with Crippen molar-refractivity contribution in [2.24, 2.45) is 11.8 Å². The smallest absolute Gasteiger partial charge is 0.135 e. The molecule has 2 rings (SSSR count). The minimum absolute atomic E-state index is 0.268. The molecule has 0 amide bonds. The SMILES string of the molecule is CC1C(=O)CCC1Cc1ccc(I)cc1. The number of benzene rings is 1. The second-order valence-electron chi connectivity index (χ2n) is 4.38. The van der Waals surface area contributed by atoms with Crippen molar-refractivity contribution < 1.29 is 4.79 Å². The van der Waals surface area contributed by atoms with Gasteiger partial charge in [-0.3, -0.25) is 4.79 Å². The van der Waals surface area contributed by atoms with Gasteiger partial charge in [-0.25, -0.2) is 0 Å². The van der Waals surface area contributed by atoms with E-state index in [0.29, 0.717) is 11.7 Å². The lowest BCUT2D eigenvalue weighted by Gasteiger charge is -2.13. The fourth-order valence-corrected chi connectivity index (χ4v) is 2.63. The molecule has 0 saturated heterocycles. The van der Waals surface area contributed by atoms with Crippen LogP contribution < -0.4 is 0 Å². The van der Waals surface area contributed by atoms with E-state index in [1.165, 1.54) is 9.13 Å². The number of hydrogen-bond donors (Lipinski definition) is 0. The fourth-order valence-electron chi connectivity index (χ4n) is 2.27. The summed E-state index contributed by atoms with van der Waals surface area (Å²) in [6.45, 7) is 2.08. The Labute approximate surface area is 104 Å². The zero-order valence-electron chi connectivity index (χ0n) is 8.87. The van der Waals surface area contributed by atoms with Crippen molar-refractivity contribution in [1.29, 1.82) is 0 Å². The van der Waals surface area contributed by atoms with Crippen molar-refractivity contribution in [2.45, 2.75) is 26.2 Å². The van der Waals surface area contributed by atoms with E-state index in [9.17, 15) is 4.79 Å². The first-order chi connectivity index (χ1) is 7.16. The molecule has 0 heterocycles. The van der Waals surface area contributed by atoms with E-state index < -0.39 is 0 Å². The quantitative estimate of drug-likeness (QED) is 0.764. The standard InChI is InChI=1S/C13H15IO/c1-9-11(4-7-13(9)15)8-10-2-5-12(14)6-3-10/h2-3,5-6,9,11H,4,7-8H2,1H3. The minimum atomic E-state index is 0.268. The maximum absolute atomic E-state index is 11.4. The van der Waals surface area contributed by atoms with Crippen molar-refractivity contribution in [3.63, 3.8) is 0 Å². The zero-order valence-corrected chi connectivity index (χ0v) is 11.0. The van der Waals surface area contributed by atoms with Crippen LogP contribution in [0, 0.1) is 15.4 Å². The molecular formula is C13H15IO. The van der Waals surface area contributed by atoms with E-state index >= 15 is 0 Å². The number of rotatable bonds is 2. The predicted octanol–water partition coefficient (Wildman–Crippen LogP) is 3.45. The van der Waals surface area contributed by atoms with Gasteiger partial charge in [0.25, 0.3) is 0 Å². The summed E-state index contributed by atoms with van der Waals surface area (Å²) in [5.41, 5.74) is 1.36. The monoisotopic (exact) mass is 314 g/mol. The molecule has 1 nitrogen and oxygen atoms in total. The highest BCUT2D eigenvalue weighted by Crippen LogP contribution is 2.31. The van der Waals surface area contributed by atoms with Crippen molar-refractivity contribution in [2.75, 3.05) is 0 Å². The van der Waals surface area contributed by atoms with Crippen molar-refractivity contribution >= 4 is 28.4 Å². The third kappa shape index (κ3) is 2.60. The second kappa shape index (κ2) is 4.64. The van der Waals surface area contributed by atoms with Crippen LogP contribution in [0.4, 0.5) is 0 Å². The van der Waals surface area contributed by atoms with Gasteiger partial charge in [0.1, 0.15) is 5.78 Å². The lowest BCUT2D eigenvalue weighted by molar-refractivity contribution is -0.120. The number of carbonyl (C=O) groups excluding carboxylic acids is 1. The molecule has 1 saturated carbocycles. The van der Waals surface area contributed by atoms with E-state index in [1.807, 2.05) is 0 Å². The van der Waals surface area contributed by atoms with E-state index in [2.05, 4.69) is 53.8 Å². The number of carbonyl (C=O) groups is 1. The lowest BCUT2D eigenvalue weighted by Crippen LogP contribution is -2.12. The summed E-state index contributed by atoms with van der Waals surface area (Å²) in [5.74, 6) is 1.28. The molecule has 0 radical (unpaired) electrons. The van der Waals surface area contributed by atoms with Gasteiger partial charge in [0.2, 0.25) is 0 Å². The average Bonchev–Trinajstić information content (AvgIpc) is 2.53. The van der Waals surface area contributed by atoms with Gasteiger partial charge < -0.3 is 0 Å². The first-order valence-corrected chi connectivity index (χ1v) is 6.52. The average molecular weight is 314 g/mol. The summed E-state index contributed by atoms with van der Waals surface area (Å²) in [5, 5.41) is 0. The van der Waals surface area contributed by atoms with E-state index in [4.69, 9.17) is 0 Å². The summed E-state index contributed by atoms with van der Waals surface area (Å²) in [4.78, 5) is 11.4. The van der Waals surface area contributed by atoms with Gasteiger partial charge in [-0.1, -0.05) is 19.1 Å². The van der Waals surface area contributed by atoms with Crippen molar-refractivity contribution in [3.05, 3.63) is 33.4 Å². The van der Waals surface area contributed by atoms with Crippen LogP contribution in [-0.2, 0) is 11.2 Å². The Morgan fingerprint density at radius 1 is 1.33 bits per heavy atom. The summed E-state index contributed by atoms with van der Waals surface area (Å²) < 4.78 is 1.27. The van der Waals surface area contributed by atoms with Crippen LogP contribution in [0.25, 0.3) is 0 Å². The van der Waals surface area contributed by atoms with Crippen molar-refractivity contribution in [1.82, 2.24) is 0 Å². The first-order valence-electron chi connectivity index (χ1n) is 5.44. The number of hydrogen-bond acceptors (Lipinski definition) is 1. The normalized spacial score (nSPS) is 25.9. The lowest BCUT2D eigenvalue weighted by atomic mass is 9.91. The molecule has 2 heteroatoms. The van der Waals surface area contributed by atoms with Gasteiger partial charge in [-0.2, -0.15) is 0 Å². The number of ketones is 1. The summed E-state index contributed by atoms with van der Waals surface area (Å²) in [6, 6.07) is 8.63. The zero-order chi connectivity index (χ0) is 10.8. The minimum Gasteiger partial charge on any atom is -0.299 e. The molecule has 1 aliphatic carbocycles. The summed E-state index contributed by atoms with van der Waals surface area (Å²) in [6.07, 6.45) is 2.92. The maximum atomic E-state index is 11.4. The van der Waals surface area contributed by atoms with Gasteiger partial charge in [0.05, 0.1) is 0 Å². The Morgan fingerprint density at radius 3 is 2.53 bits per heavy atom. The Morgan fingerprint density at radius 2 is 2.00 bits per heavy atom. The fraction of sp³-hybridized carbons (Fsp3) is 0.462. The Hall–Kier alpha value is -0.380. The van der Waals surface area contributed by atoms with Crippen LogP contribution >= 0.6 is 22.6 Å². The summed E-state index contributed by atoms with van der Waals surface area (Å²) in [7, 11) is 0. The molecule has 0 bridgehead atoms. The van der Waals surface area contributed by atoms with Crippen LogP contribution in [0.1, 0.15) is 25.3 Å². The van der Waals surface area contributed by atoms with Crippen LogP contribution in [0.15, 0.2) is 24.3 Å². The van der Waals surface area contributed by atoms with Gasteiger partial charge in [-0.05, 0) is 59.0 Å². The van der Waals surface area contributed by atoms with Gasteiger partial charge in [0, 0.05) is 15.9 Å². The molecule has 0 spiro atoms. The number of halogens is 1. The molecule has 0 aromatic heterocycles. The van der Waals surface area contributed by atoms with E-state index in [-0.39, 0.29) is 5.92 Å².